The molecule has 1 spiro atoms. The van der Waals surface area contributed by atoms with Gasteiger partial charge in [-0.1, -0.05) is 71.9 Å². The Labute approximate surface area is 306 Å². The van der Waals surface area contributed by atoms with Gasteiger partial charge in [0.2, 0.25) is 0 Å². The largest absolute Gasteiger partial charge is 0.396 e. The fraction of sp³-hybridized carbons (Fsp3) is 0.614. The molecule has 4 bridgehead atoms. The van der Waals surface area contributed by atoms with Gasteiger partial charge in [0.05, 0.1) is 18.3 Å². The first kappa shape index (κ1) is 39.6. The maximum absolute atomic E-state index is 12.5. The third-order valence-corrected chi connectivity index (χ3v) is 13.0. The number of carbonyl (C=O) groups is 1. The molecular formula is C44H64N2O5. The normalized spacial score (nSPS) is 34.2. The van der Waals surface area contributed by atoms with E-state index >= 15 is 0 Å². The first-order valence-corrected chi connectivity index (χ1v) is 19.6. The fourth-order valence-electron chi connectivity index (χ4n) is 10.3. The van der Waals surface area contributed by atoms with E-state index in [0.29, 0.717) is 69.0 Å². The Morgan fingerprint density at radius 3 is 2.63 bits per heavy atom. The van der Waals surface area contributed by atoms with E-state index in [-0.39, 0.29) is 31.0 Å². The molecule has 1 heterocycles. The quantitative estimate of drug-likeness (QED) is 0.0692. The van der Waals surface area contributed by atoms with Gasteiger partial charge in [-0.25, -0.2) is 0 Å². The number of aliphatic hydroxyl groups is 4. The zero-order valence-electron chi connectivity index (χ0n) is 31.4. The Kier molecular flexibility index (Phi) is 13.9. The van der Waals surface area contributed by atoms with Crippen molar-refractivity contribution in [2.24, 2.45) is 29.1 Å². The topological polar surface area (TPSA) is 122 Å². The van der Waals surface area contributed by atoms with Crippen LogP contribution in [0.5, 0.6) is 0 Å². The van der Waals surface area contributed by atoms with Crippen molar-refractivity contribution < 1.29 is 25.2 Å². The van der Waals surface area contributed by atoms with E-state index in [1.54, 1.807) is 0 Å². The van der Waals surface area contributed by atoms with Gasteiger partial charge in [0.1, 0.15) is 6.29 Å². The Morgan fingerprint density at radius 2 is 1.90 bits per heavy atom. The summed E-state index contributed by atoms with van der Waals surface area (Å²) in [5.41, 5.74) is 5.58. The van der Waals surface area contributed by atoms with Crippen molar-refractivity contribution in [3.63, 3.8) is 0 Å². The summed E-state index contributed by atoms with van der Waals surface area (Å²) in [5, 5.41) is 52.4. The second-order valence-electron chi connectivity index (χ2n) is 16.1. The third kappa shape index (κ3) is 8.61. The first-order chi connectivity index (χ1) is 24.6. The zero-order chi connectivity index (χ0) is 36.6. The van der Waals surface area contributed by atoms with E-state index < -0.39 is 17.1 Å². The van der Waals surface area contributed by atoms with E-state index in [1.165, 1.54) is 23.1 Å². The van der Waals surface area contributed by atoms with Crippen molar-refractivity contribution in [3.05, 3.63) is 94.1 Å². The maximum Gasteiger partial charge on any atom is 0.145 e. The maximum atomic E-state index is 12.5. The average Bonchev–Trinajstić information content (AvgIpc) is 3.48. The van der Waals surface area contributed by atoms with E-state index in [4.69, 9.17) is 0 Å². The number of aliphatic hydroxyl groups excluding tert-OH is 3. The molecule has 3 aliphatic carbocycles. The fourth-order valence-corrected chi connectivity index (χ4v) is 10.3. The van der Waals surface area contributed by atoms with Crippen molar-refractivity contribution in [3.8, 4) is 0 Å². The summed E-state index contributed by atoms with van der Waals surface area (Å²) in [6.45, 7) is 10.0. The molecule has 1 aliphatic heterocycles. The molecule has 0 radical (unpaired) electrons. The van der Waals surface area contributed by atoms with Crippen LogP contribution in [0.15, 0.2) is 83.0 Å². The van der Waals surface area contributed by atoms with Crippen LogP contribution in [0.3, 0.4) is 0 Å². The van der Waals surface area contributed by atoms with Crippen LogP contribution >= 0.6 is 0 Å². The number of carbonyl (C=O) groups excluding carboxylic acids is 1. The molecule has 280 valence electrons. The van der Waals surface area contributed by atoms with Crippen molar-refractivity contribution in [2.45, 2.75) is 109 Å². The lowest BCUT2D eigenvalue weighted by Gasteiger charge is -2.57. The molecule has 4 aliphatic rings. The minimum absolute atomic E-state index is 0.00538. The molecule has 0 aromatic heterocycles. The number of rotatable bonds is 12. The lowest BCUT2D eigenvalue weighted by Crippen LogP contribution is -2.61. The number of fused-ring (bicyclic) bond motifs is 3. The van der Waals surface area contributed by atoms with Gasteiger partial charge in [-0.3, -0.25) is 4.79 Å². The Morgan fingerprint density at radius 1 is 1.12 bits per heavy atom. The van der Waals surface area contributed by atoms with Crippen molar-refractivity contribution in [1.82, 2.24) is 10.6 Å². The van der Waals surface area contributed by atoms with Crippen LogP contribution in [0, 0.1) is 29.1 Å². The summed E-state index contributed by atoms with van der Waals surface area (Å²) in [4.78, 5) is 12.1. The number of aldehydes is 1. The first-order valence-electron chi connectivity index (χ1n) is 19.6. The molecule has 7 nitrogen and oxygen atoms in total. The standard InChI is InChI=1S/C44H64N2O5/c1-30(40-26-34-11-6-10-33(24-34)23-32(3)46-27-35-12-7-13-36(40)25-35)9-5-14-37(29-49)39-17-19-44(42(39)50)41(15-8-22-47)38(31(2)28-48)16-18-43(44,51)20-21-45-4/h5-6,9-11,14,24-25,28,32,36,39-42,45-47,49-51H,1,7-8,12-13,15-23,26-27,29H2,2-4H3/b9-5+,37-14-,38-31-/t32-,36+,39+,40+,41+,42-,43+,44-/m1/s1. The van der Waals surface area contributed by atoms with Crippen molar-refractivity contribution >= 4 is 6.29 Å². The number of hydrogen-bond acceptors (Lipinski definition) is 7. The molecule has 0 unspecified atom stereocenters. The molecule has 1 aromatic rings. The van der Waals surface area contributed by atoms with E-state index in [2.05, 4.69) is 60.6 Å². The van der Waals surface area contributed by atoms with Gasteiger partial charge in [0.15, 0.2) is 0 Å². The minimum Gasteiger partial charge on any atom is -0.396 e. The van der Waals surface area contributed by atoms with Gasteiger partial charge in [-0.05, 0) is 145 Å². The predicted molar refractivity (Wildman–Crippen MR) is 206 cm³/mol. The summed E-state index contributed by atoms with van der Waals surface area (Å²) in [6.07, 6.45) is 17.7. The van der Waals surface area contributed by atoms with E-state index in [9.17, 15) is 25.2 Å². The Balaban J connectivity index is 1.44. The molecule has 0 amide bonds. The Bertz CT molecular complexity index is 1490. The third-order valence-electron chi connectivity index (χ3n) is 13.0. The van der Waals surface area contributed by atoms with Crippen LogP contribution in [0.4, 0.5) is 0 Å². The monoisotopic (exact) mass is 700 g/mol. The lowest BCUT2D eigenvalue weighted by atomic mass is 9.51. The van der Waals surface area contributed by atoms with Crippen molar-refractivity contribution in [2.75, 3.05) is 33.4 Å². The zero-order valence-corrected chi connectivity index (χ0v) is 31.4. The van der Waals surface area contributed by atoms with Gasteiger partial charge >= 0.3 is 0 Å². The van der Waals surface area contributed by atoms with Gasteiger partial charge in [-0.2, -0.15) is 0 Å². The SMILES string of the molecule is C=C(/C=C/C=C(/CO)[C@@H]1CC[C@]2([C@@H]1O)[C@@H](CCCO)/C(=C(/C)C=O)CC[C@]2(O)CCNC)[C@@H]1Cc2cccc(c2)C[C@@H](C)NCC2=C[C@@H]1CCC2. The number of benzene rings is 1. The van der Waals surface area contributed by atoms with Gasteiger partial charge < -0.3 is 31.1 Å². The predicted octanol–water partition coefficient (Wildman–Crippen LogP) is 5.93. The highest BCUT2D eigenvalue weighted by atomic mass is 16.3. The van der Waals surface area contributed by atoms with Crippen LogP contribution in [0.1, 0.15) is 89.2 Å². The second-order valence-corrected chi connectivity index (χ2v) is 16.1. The molecule has 2 saturated carbocycles. The molecule has 51 heavy (non-hydrogen) atoms. The minimum atomic E-state index is -1.16. The Hall–Kier alpha value is -2.65. The van der Waals surface area contributed by atoms with Crippen LogP contribution < -0.4 is 10.6 Å². The van der Waals surface area contributed by atoms with Crippen LogP contribution in [-0.4, -0.2) is 77.8 Å². The highest BCUT2D eigenvalue weighted by Gasteiger charge is 2.65. The molecule has 0 saturated heterocycles. The van der Waals surface area contributed by atoms with Gasteiger partial charge in [0, 0.05) is 30.5 Å². The molecule has 1 aromatic carbocycles. The van der Waals surface area contributed by atoms with E-state index in [1.807, 2.05) is 26.1 Å². The molecule has 2 fully saturated rings. The number of nitrogens with one attached hydrogen (secondary N) is 2. The highest BCUT2D eigenvalue weighted by Crippen LogP contribution is 2.63. The molecule has 8 atom stereocenters. The summed E-state index contributed by atoms with van der Waals surface area (Å²) in [7, 11) is 1.87. The van der Waals surface area contributed by atoms with Gasteiger partial charge in [0.25, 0.3) is 0 Å². The highest BCUT2D eigenvalue weighted by molar-refractivity contribution is 5.74. The van der Waals surface area contributed by atoms with Crippen LogP contribution in [0.2, 0.25) is 0 Å². The molecule has 7 heteroatoms. The van der Waals surface area contributed by atoms with Gasteiger partial charge in [-0.15, -0.1) is 0 Å². The average molecular weight is 701 g/mol. The smallest absolute Gasteiger partial charge is 0.145 e. The van der Waals surface area contributed by atoms with Crippen LogP contribution in [-0.2, 0) is 17.6 Å². The number of hydrogen-bond donors (Lipinski definition) is 6. The lowest BCUT2D eigenvalue weighted by molar-refractivity contribution is -0.180. The van der Waals surface area contributed by atoms with Crippen LogP contribution in [0.25, 0.3) is 0 Å². The second kappa shape index (κ2) is 17.9. The summed E-state index contributed by atoms with van der Waals surface area (Å²) in [5.74, 6) is 0.0628. The molecule has 6 N–H and O–H groups in total. The molecular weight excluding hydrogens is 636 g/mol. The summed E-state index contributed by atoms with van der Waals surface area (Å²) < 4.78 is 0. The van der Waals surface area contributed by atoms with E-state index in [0.717, 1.165) is 55.2 Å². The summed E-state index contributed by atoms with van der Waals surface area (Å²) in [6, 6.07) is 9.41. The molecule has 5 rings (SSSR count). The summed E-state index contributed by atoms with van der Waals surface area (Å²) >= 11 is 0. The number of allylic oxidation sites excluding steroid dienone is 7. The van der Waals surface area contributed by atoms with Crippen molar-refractivity contribution in [1.29, 1.82) is 0 Å².